The van der Waals surface area contributed by atoms with E-state index in [1.165, 1.54) is 0 Å². The number of ether oxygens (including phenoxy) is 1. The van der Waals surface area contributed by atoms with Crippen molar-refractivity contribution in [2.75, 3.05) is 27.2 Å². The maximum atomic E-state index is 12.3. The lowest BCUT2D eigenvalue weighted by Crippen LogP contribution is -2.34. The molecule has 0 saturated heterocycles. The minimum Gasteiger partial charge on any atom is -0.494 e. The molecule has 0 bridgehead atoms. The number of rotatable bonds is 8. The van der Waals surface area contributed by atoms with Crippen LogP contribution in [0.3, 0.4) is 0 Å². The molecule has 2 rings (SSSR count). The summed E-state index contributed by atoms with van der Waals surface area (Å²) in [6, 6.07) is 11.0. The summed E-state index contributed by atoms with van der Waals surface area (Å²) < 4.78 is 11.0. The van der Waals surface area contributed by atoms with Crippen LogP contribution in [-0.2, 0) is 0 Å². The number of nitrogens with one attached hydrogen (secondary N) is 1. The molecule has 2 aromatic rings. The molecule has 1 aromatic carbocycles. The molecule has 5 nitrogen and oxygen atoms in total. The highest BCUT2D eigenvalue weighted by atomic mass is 16.5. The molecular formula is C18H24N2O3. The van der Waals surface area contributed by atoms with Crippen LogP contribution in [0, 0.1) is 0 Å². The Bertz CT molecular complexity index is 591. The molecule has 1 aromatic heterocycles. The van der Waals surface area contributed by atoms with E-state index in [0.29, 0.717) is 18.7 Å². The number of carbonyl (C=O) groups excluding carboxylic acids is 1. The van der Waals surface area contributed by atoms with Gasteiger partial charge < -0.3 is 14.5 Å². The molecule has 0 saturated carbocycles. The average Bonchev–Trinajstić information content (AvgIpc) is 3.07. The molecule has 1 amide bonds. The summed E-state index contributed by atoms with van der Waals surface area (Å²) in [6.45, 7) is 3.22. The van der Waals surface area contributed by atoms with Gasteiger partial charge in [-0.2, -0.15) is 0 Å². The average molecular weight is 316 g/mol. The van der Waals surface area contributed by atoms with Crippen LogP contribution in [0.4, 0.5) is 0 Å². The second-order valence-corrected chi connectivity index (χ2v) is 5.58. The highest BCUT2D eigenvalue weighted by molar-refractivity contribution is 5.94. The van der Waals surface area contributed by atoms with Crippen molar-refractivity contribution in [3.63, 3.8) is 0 Å². The number of furan rings is 1. The second-order valence-electron chi connectivity index (χ2n) is 5.58. The Morgan fingerprint density at radius 2 is 2.00 bits per heavy atom. The van der Waals surface area contributed by atoms with Crippen LogP contribution in [0.1, 0.15) is 35.5 Å². The van der Waals surface area contributed by atoms with Crippen molar-refractivity contribution in [3.8, 4) is 5.75 Å². The van der Waals surface area contributed by atoms with Crippen molar-refractivity contribution >= 4 is 5.91 Å². The van der Waals surface area contributed by atoms with Crippen LogP contribution in [0.15, 0.2) is 47.1 Å². The van der Waals surface area contributed by atoms with Crippen LogP contribution in [0.25, 0.3) is 0 Å². The zero-order valence-electron chi connectivity index (χ0n) is 13.9. The van der Waals surface area contributed by atoms with E-state index < -0.39 is 0 Å². The normalized spacial score (nSPS) is 12.2. The Morgan fingerprint density at radius 1 is 1.26 bits per heavy atom. The summed E-state index contributed by atoms with van der Waals surface area (Å²) >= 11 is 0. The number of carbonyl (C=O) groups is 1. The minimum absolute atomic E-state index is 0.00103. The molecule has 1 N–H and O–H groups in total. The predicted octanol–water partition coefficient (Wildman–Crippen LogP) is 3.10. The first-order valence-corrected chi connectivity index (χ1v) is 7.82. The van der Waals surface area contributed by atoms with Crippen LogP contribution in [0.5, 0.6) is 5.75 Å². The molecule has 23 heavy (non-hydrogen) atoms. The molecule has 0 aliphatic heterocycles. The Balaban J connectivity index is 1.93. The van der Waals surface area contributed by atoms with E-state index in [-0.39, 0.29) is 11.9 Å². The predicted molar refractivity (Wildman–Crippen MR) is 89.7 cm³/mol. The third-order valence-corrected chi connectivity index (χ3v) is 3.54. The van der Waals surface area contributed by atoms with Gasteiger partial charge in [0, 0.05) is 12.1 Å². The molecular weight excluding hydrogens is 292 g/mol. The van der Waals surface area contributed by atoms with Gasteiger partial charge in [-0.05, 0) is 56.9 Å². The van der Waals surface area contributed by atoms with Crippen molar-refractivity contribution < 1.29 is 13.9 Å². The number of hydrogen-bond acceptors (Lipinski definition) is 4. The summed E-state index contributed by atoms with van der Waals surface area (Å²) in [4.78, 5) is 14.3. The smallest absolute Gasteiger partial charge is 0.251 e. The fourth-order valence-corrected chi connectivity index (χ4v) is 2.23. The van der Waals surface area contributed by atoms with Crippen LogP contribution in [0.2, 0.25) is 0 Å². The topological polar surface area (TPSA) is 54.7 Å². The first-order valence-electron chi connectivity index (χ1n) is 7.82. The van der Waals surface area contributed by atoms with Gasteiger partial charge in [0.1, 0.15) is 11.5 Å². The Labute approximate surface area is 137 Å². The molecule has 0 aliphatic rings. The van der Waals surface area contributed by atoms with Crippen molar-refractivity contribution in [1.82, 2.24) is 10.2 Å². The molecule has 124 valence electrons. The fraction of sp³-hybridized carbons (Fsp3) is 0.389. The Morgan fingerprint density at radius 3 is 2.57 bits per heavy atom. The summed E-state index contributed by atoms with van der Waals surface area (Å²) in [6.07, 6.45) is 2.60. The summed E-state index contributed by atoms with van der Waals surface area (Å²) in [5.74, 6) is 1.51. The molecule has 1 heterocycles. The fourth-order valence-electron chi connectivity index (χ4n) is 2.23. The first kappa shape index (κ1) is 17.1. The number of nitrogens with zero attached hydrogens (tertiary/aromatic N) is 1. The SMILES string of the molecule is CCCOc1ccc(C(=O)NC[C@H](c2ccco2)N(C)C)cc1. The third kappa shape index (κ3) is 4.86. The van der Waals surface area contributed by atoms with Gasteiger partial charge in [0.2, 0.25) is 0 Å². The van der Waals surface area contributed by atoms with Crippen LogP contribution < -0.4 is 10.1 Å². The van der Waals surface area contributed by atoms with Crippen molar-refractivity contribution in [2.24, 2.45) is 0 Å². The standard InChI is InChI=1S/C18H24N2O3/c1-4-11-22-15-9-7-14(8-10-15)18(21)19-13-16(20(2)3)17-6-5-12-23-17/h5-10,12,16H,4,11,13H2,1-3H3,(H,19,21)/t16-/m1/s1. The second kappa shape index (κ2) is 8.39. The lowest BCUT2D eigenvalue weighted by atomic mass is 10.1. The highest BCUT2D eigenvalue weighted by Gasteiger charge is 2.18. The number of likely N-dealkylation sites (N-methyl/N-ethyl adjacent to an activating group) is 1. The molecule has 0 unspecified atom stereocenters. The van der Waals surface area contributed by atoms with Crippen molar-refractivity contribution in [1.29, 1.82) is 0 Å². The van der Waals surface area contributed by atoms with Gasteiger partial charge in [0.25, 0.3) is 5.91 Å². The lowest BCUT2D eigenvalue weighted by molar-refractivity contribution is 0.0939. The van der Waals surface area contributed by atoms with E-state index >= 15 is 0 Å². The molecule has 0 spiro atoms. The zero-order chi connectivity index (χ0) is 16.7. The summed E-state index contributed by atoms with van der Waals surface area (Å²) in [7, 11) is 3.92. The molecule has 0 aliphatic carbocycles. The minimum atomic E-state index is -0.106. The monoisotopic (exact) mass is 316 g/mol. The van der Waals surface area contributed by atoms with Crippen molar-refractivity contribution in [3.05, 3.63) is 54.0 Å². The zero-order valence-corrected chi connectivity index (χ0v) is 13.9. The maximum Gasteiger partial charge on any atom is 0.251 e. The van der Waals surface area contributed by atoms with Gasteiger partial charge in [0.05, 0.1) is 18.9 Å². The highest BCUT2D eigenvalue weighted by Crippen LogP contribution is 2.18. The van der Waals surface area contributed by atoms with Gasteiger partial charge in [-0.3, -0.25) is 9.69 Å². The van der Waals surface area contributed by atoms with Gasteiger partial charge in [-0.1, -0.05) is 6.92 Å². The number of hydrogen-bond donors (Lipinski definition) is 1. The number of amides is 1. The largest absolute Gasteiger partial charge is 0.494 e. The quantitative estimate of drug-likeness (QED) is 0.813. The van der Waals surface area contributed by atoms with E-state index in [4.69, 9.17) is 9.15 Å². The van der Waals surface area contributed by atoms with E-state index in [2.05, 4.69) is 12.2 Å². The lowest BCUT2D eigenvalue weighted by Gasteiger charge is -2.22. The summed E-state index contributed by atoms with van der Waals surface area (Å²) in [5.41, 5.74) is 0.616. The molecule has 0 radical (unpaired) electrons. The molecule has 5 heteroatoms. The van der Waals surface area contributed by atoms with Gasteiger partial charge in [0.15, 0.2) is 0 Å². The molecule has 1 atom stereocenters. The van der Waals surface area contributed by atoms with E-state index in [1.54, 1.807) is 18.4 Å². The third-order valence-electron chi connectivity index (χ3n) is 3.54. The van der Waals surface area contributed by atoms with Crippen molar-refractivity contribution in [2.45, 2.75) is 19.4 Å². The van der Waals surface area contributed by atoms with E-state index in [0.717, 1.165) is 17.9 Å². The Kier molecular flexibility index (Phi) is 6.23. The van der Waals surface area contributed by atoms with Gasteiger partial charge in [-0.25, -0.2) is 0 Å². The van der Waals surface area contributed by atoms with Crippen LogP contribution in [-0.4, -0.2) is 38.1 Å². The maximum absolute atomic E-state index is 12.3. The number of benzene rings is 1. The van der Waals surface area contributed by atoms with E-state index in [1.807, 2.05) is 43.3 Å². The first-order chi connectivity index (χ1) is 11.1. The van der Waals surface area contributed by atoms with E-state index in [9.17, 15) is 4.79 Å². The van der Waals surface area contributed by atoms with Gasteiger partial charge >= 0.3 is 0 Å². The van der Waals surface area contributed by atoms with Gasteiger partial charge in [-0.15, -0.1) is 0 Å². The van der Waals surface area contributed by atoms with Crippen LogP contribution >= 0.6 is 0 Å². The molecule has 0 fully saturated rings. The summed E-state index contributed by atoms with van der Waals surface area (Å²) in [5, 5.41) is 2.95. The Hall–Kier alpha value is -2.27.